The predicted octanol–water partition coefficient (Wildman–Crippen LogP) is 3.72. The number of hydrogen-bond donors (Lipinski definition) is 1. The fourth-order valence-corrected chi connectivity index (χ4v) is 1.52. The molecule has 0 fully saturated rings. The van der Waals surface area contributed by atoms with E-state index in [4.69, 9.17) is 10.1 Å². The molecule has 0 spiro atoms. The maximum Gasteiger partial charge on any atom is 0.416 e. The molecule has 1 N–H and O–H groups in total. The molecular formula is C14H9F3N2O2. The van der Waals surface area contributed by atoms with Crippen molar-refractivity contribution < 1.29 is 22.7 Å². The molecule has 0 bridgehead atoms. The molecule has 7 heteroatoms. The van der Waals surface area contributed by atoms with E-state index in [1.54, 1.807) is 0 Å². The minimum Gasteiger partial charge on any atom is -0.439 e. The number of ketones is 1. The van der Waals surface area contributed by atoms with Crippen molar-refractivity contribution in [1.29, 1.82) is 5.41 Å². The third kappa shape index (κ3) is 3.65. The highest BCUT2D eigenvalue weighted by molar-refractivity contribution is 6.33. The van der Waals surface area contributed by atoms with Gasteiger partial charge < -0.3 is 10.1 Å². The molecule has 0 saturated carbocycles. The quantitative estimate of drug-likeness (QED) is 0.690. The Morgan fingerprint density at radius 3 is 2.38 bits per heavy atom. The van der Waals surface area contributed by atoms with E-state index in [-0.39, 0.29) is 17.3 Å². The molecule has 1 heterocycles. The SMILES string of the molecule is N=CC(=O)c1cccc(Oc2ccc(C(F)(F)F)cc2)n1. The standard InChI is InChI=1S/C14H9F3N2O2/c15-14(16,17)9-4-6-10(7-5-9)21-13-3-1-2-11(19-13)12(20)8-18/h1-8,18H. The summed E-state index contributed by atoms with van der Waals surface area (Å²) in [6.45, 7) is 0. The summed E-state index contributed by atoms with van der Waals surface area (Å²) in [5.74, 6) is -0.370. The van der Waals surface area contributed by atoms with Crippen LogP contribution >= 0.6 is 0 Å². The van der Waals surface area contributed by atoms with Crippen LogP contribution in [0, 0.1) is 5.41 Å². The number of ether oxygens (including phenoxy) is 1. The average Bonchev–Trinajstić information content (AvgIpc) is 2.46. The Hall–Kier alpha value is -2.70. The van der Waals surface area contributed by atoms with Crippen LogP contribution in [0.25, 0.3) is 0 Å². The van der Waals surface area contributed by atoms with E-state index in [0.29, 0.717) is 6.21 Å². The Morgan fingerprint density at radius 1 is 1.14 bits per heavy atom. The van der Waals surface area contributed by atoms with Gasteiger partial charge in [-0.2, -0.15) is 13.2 Å². The highest BCUT2D eigenvalue weighted by Crippen LogP contribution is 2.31. The third-order valence-corrected chi connectivity index (χ3v) is 2.51. The van der Waals surface area contributed by atoms with E-state index in [1.807, 2.05) is 0 Å². The number of carbonyl (C=O) groups is 1. The molecule has 0 saturated heterocycles. The Kier molecular flexibility index (Phi) is 4.02. The minimum absolute atomic E-state index is 0.0226. The van der Waals surface area contributed by atoms with Gasteiger partial charge >= 0.3 is 6.18 Å². The number of pyridine rings is 1. The summed E-state index contributed by atoms with van der Waals surface area (Å²) in [6, 6.07) is 8.48. The summed E-state index contributed by atoms with van der Waals surface area (Å²) in [6.07, 6.45) is -3.79. The van der Waals surface area contributed by atoms with Gasteiger partial charge in [-0.05, 0) is 30.3 Å². The van der Waals surface area contributed by atoms with Crippen molar-refractivity contribution in [2.45, 2.75) is 6.18 Å². The highest BCUT2D eigenvalue weighted by atomic mass is 19.4. The van der Waals surface area contributed by atoms with Gasteiger partial charge in [-0.3, -0.25) is 4.79 Å². The lowest BCUT2D eigenvalue weighted by Crippen LogP contribution is -2.04. The molecule has 1 aromatic carbocycles. The average molecular weight is 294 g/mol. The number of halogens is 3. The topological polar surface area (TPSA) is 63.0 Å². The van der Waals surface area contributed by atoms with Gasteiger partial charge in [0.2, 0.25) is 11.7 Å². The monoisotopic (exact) mass is 294 g/mol. The molecule has 0 atom stereocenters. The van der Waals surface area contributed by atoms with Crippen molar-refractivity contribution in [2.75, 3.05) is 0 Å². The Labute approximate surface area is 117 Å². The summed E-state index contributed by atoms with van der Waals surface area (Å²) >= 11 is 0. The fraction of sp³-hybridized carbons (Fsp3) is 0.0714. The first-order chi connectivity index (χ1) is 9.90. The van der Waals surface area contributed by atoms with E-state index in [1.165, 1.54) is 18.2 Å². The molecule has 0 aliphatic heterocycles. The summed E-state index contributed by atoms with van der Waals surface area (Å²) in [7, 11) is 0. The lowest BCUT2D eigenvalue weighted by Gasteiger charge is -2.08. The Balaban J connectivity index is 2.19. The molecule has 0 aliphatic carbocycles. The molecule has 108 valence electrons. The van der Waals surface area contributed by atoms with Gasteiger partial charge in [-0.15, -0.1) is 0 Å². The van der Waals surface area contributed by atoms with Crippen molar-refractivity contribution in [2.24, 2.45) is 0 Å². The van der Waals surface area contributed by atoms with Crippen molar-refractivity contribution >= 4 is 12.0 Å². The normalized spacial score (nSPS) is 11.0. The van der Waals surface area contributed by atoms with E-state index >= 15 is 0 Å². The van der Waals surface area contributed by atoms with Crippen LogP contribution in [0.3, 0.4) is 0 Å². The fourth-order valence-electron chi connectivity index (χ4n) is 1.52. The number of nitrogens with zero attached hydrogens (tertiary/aromatic N) is 1. The summed E-state index contributed by atoms with van der Waals surface area (Å²) in [4.78, 5) is 15.2. The van der Waals surface area contributed by atoms with Gasteiger partial charge in [0.25, 0.3) is 0 Å². The van der Waals surface area contributed by atoms with Crippen LogP contribution in [0.4, 0.5) is 13.2 Å². The molecule has 0 radical (unpaired) electrons. The molecule has 2 aromatic rings. The number of alkyl halides is 3. The second-order valence-corrected chi connectivity index (χ2v) is 3.99. The number of benzene rings is 1. The van der Waals surface area contributed by atoms with Crippen LogP contribution in [-0.4, -0.2) is 17.0 Å². The van der Waals surface area contributed by atoms with E-state index in [9.17, 15) is 18.0 Å². The zero-order chi connectivity index (χ0) is 15.5. The van der Waals surface area contributed by atoms with Crippen LogP contribution in [0.5, 0.6) is 11.6 Å². The van der Waals surface area contributed by atoms with Gasteiger partial charge in [0.05, 0.1) is 11.8 Å². The molecule has 1 aromatic heterocycles. The van der Waals surface area contributed by atoms with Crippen molar-refractivity contribution in [3.05, 3.63) is 53.7 Å². The van der Waals surface area contributed by atoms with Gasteiger partial charge in [-0.1, -0.05) is 6.07 Å². The van der Waals surface area contributed by atoms with Crippen LogP contribution in [0.15, 0.2) is 42.5 Å². The van der Waals surface area contributed by atoms with Gasteiger partial charge in [0.1, 0.15) is 11.4 Å². The third-order valence-electron chi connectivity index (χ3n) is 2.51. The molecule has 0 aliphatic rings. The first kappa shape index (κ1) is 14.7. The van der Waals surface area contributed by atoms with Gasteiger partial charge in [0, 0.05) is 6.07 Å². The zero-order valence-corrected chi connectivity index (χ0v) is 10.5. The van der Waals surface area contributed by atoms with Crippen LogP contribution in [0.1, 0.15) is 16.1 Å². The molecule has 4 nitrogen and oxygen atoms in total. The lowest BCUT2D eigenvalue weighted by molar-refractivity contribution is -0.137. The molecule has 0 amide bonds. The number of Topliss-reactive ketones (excluding diaryl/α,β-unsaturated/α-hetero) is 1. The Morgan fingerprint density at radius 2 is 1.81 bits per heavy atom. The van der Waals surface area contributed by atoms with Crippen LogP contribution in [-0.2, 0) is 6.18 Å². The number of nitrogens with one attached hydrogen (secondary N) is 1. The van der Waals surface area contributed by atoms with Gasteiger partial charge in [0.15, 0.2) is 0 Å². The maximum atomic E-state index is 12.4. The van der Waals surface area contributed by atoms with Crippen molar-refractivity contribution in [3.8, 4) is 11.6 Å². The first-order valence-corrected chi connectivity index (χ1v) is 5.77. The second-order valence-electron chi connectivity index (χ2n) is 3.99. The van der Waals surface area contributed by atoms with Crippen molar-refractivity contribution in [3.63, 3.8) is 0 Å². The van der Waals surface area contributed by atoms with E-state index in [2.05, 4.69) is 4.98 Å². The Bertz CT molecular complexity index is 667. The summed E-state index contributed by atoms with van der Waals surface area (Å²) in [5.41, 5.74) is -0.759. The zero-order valence-electron chi connectivity index (χ0n) is 10.5. The first-order valence-electron chi connectivity index (χ1n) is 5.77. The van der Waals surface area contributed by atoms with Gasteiger partial charge in [-0.25, -0.2) is 4.98 Å². The minimum atomic E-state index is -4.41. The van der Waals surface area contributed by atoms with Crippen LogP contribution < -0.4 is 4.74 Å². The maximum absolute atomic E-state index is 12.4. The molecule has 21 heavy (non-hydrogen) atoms. The highest BCUT2D eigenvalue weighted by Gasteiger charge is 2.30. The number of rotatable bonds is 4. The predicted molar refractivity (Wildman–Crippen MR) is 68.9 cm³/mol. The lowest BCUT2D eigenvalue weighted by atomic mass is 10.2. The number of hydrogen-bond acceptors (Lipinski definition) is 4. The molecule has 0 unspecified atom stereocenters. The summed E-state index contributed by atoms with van der Waals surface area (Å²) < 4.78 is 42.5. The van der Waals surface area contributed by atoms with E-state index in [0.717, 1.165) is 24.3 Å². The smallest absolute Gasteiger partial charge is 0.416 e. The van der Waals surface area contributed by atoms with Crippen LogP contribution in [0.2, 0.25) is 0 Å². The second kappa shape index (κ2) is 5.74. The molecular weight excluding hydrogens is 285 g/mol. The van der Waals surface area contributed by atoms with E-state index < -0.39 is 17.5 Å². The number of aromatic nitrogens is 1. The molecule has 2 rings (SSSR count). The summed E-state index contributed by atoms with van der Waals surface area (Å²) in [5, 5.41) is 6.86. The largest absolute Gasteiger partial charge is 0.439 e. The van der Waals surface area contributed by atoms with Crippen molar-refractivity contribution in [1.82, 2.24) is 4.98 Å². The number of carbonyl (C=O) groups excluding carboxylic acids is 1.